The first-order valence-corrected chi connectivity index (χ1v) is 10.6. The van der Waals surface area contributed by atoms with Crippen molar-refractivity contribution in [2.24, 2.45) is 0 Å². The third kappa shape index (κ3) is 5.50. The zero-order chi connectivity index (χ0) is 21.0. The molecule has 0 aliphatic heterocycles. The lowest BCUT2D eigenvalue weighted by molar-refractivity contribution is 0.0188. The molecule has 3 aromatic rings. The van der Waals surface area contributed by atoms with Crippen molar-refractivity contribution in [1.29, 1.82) is 0 Å². The van der Waals surface area contributed by atoms with E-state index in [9.17, 15) is 19.3 Å². The molecule has 0 spiro atoms. The Kier molecular flexibility index (Phi) is 6.46. The maximum atomic E-state index is 12.3. The summed E-state index contributed by atoms with van der Waals surface area (Å²) >= 11 is 0. The molecule has 0 saturated heterocycles. The molecule has 0 radical (unpaired) electrons. The highest BCUT2D eigenvalue weighted by Crippen LogP contribution is 2.34. The number of ether oxygens (including phenoxy) is 1. The Morgan fingerprint density at radius 2 is 1.79 bits per heavy atom. The van der Waals surface area contributed by atoms with Gasteiger partial charge in [-0.2, -0.15) is 0 Å². The van der Waals surface area contributed by atoms with Crippen molar-refractivity contribution >= 4 is 18.4 Å². The Bertz CT molecular complexity index is 1160. The van der Waals surface area contributed by atoms with Crippen LogP contribution in [0, 0.1) is 0 Å². The average Bonchev–Trinajstić information content (AvgIpc) is 2.68. The smallest absolute Gasteiger partial charge is 0.350 e. The largest absolute Gasteiger partial charge is 0.394 e. The highest BCUT2D eigenvalue weighted by atomic mass is 31.2. The number of aliphatic hydroxyl groups excluding tert-OH is 1. The summed E-state index contributed by atoms with van der Waals surface area (Å²) in [6.07, 6.45) is -0.230. The number of fused-ring (bicyclic) bond motifs is 1. The maximum Gasteiger partial charge on any atom is 0.350 e. The molecule has 154 valence electrons. The molecule has 10 heteroatoms. The molecule has 1 aromatic heterocycles. The zero-order valence-corrected chi connectivity index (χ0v) is 16.3. The fourth-order valence-electron chi connectivity index (χ4n) is 3.05. The van der Waals surface area contributed by atoms with Crippen LogP contribution in [0.4, 0.5) is 0 Å². The number of hydrogen-bond acceptors (Lipinski definition) is 5. The normalized spacial score (nSPS) is 12.9. The molecule has 0 saturated carbocycles. The predicted octanol–water partition coefficient (Wildman–Crippen LogP) is 0.793. The van der Waals surface area contributed by atoms with Crippen molar-refractivity contribution in [2.45, 2.75) is 19.1 Å². The molecule has 0 aliphatic rings. The summed E-state index contributed by atoms with van der Waals surface area (Å²) in [6, 6.07) is 13.5. The topological polar surface area (TPSA) is 142 Å². The van der Waals surface area contributed by atoms with E-state index in [1.807, 2.05) is 42.5 Å². The Morgan fingerprint density at radius 1 is 1.07 bits per heavy atom. The molecule has 2 aromatic carbocycles. The molecule has 29 heavy (non-hydrogen) atoms. The number of benzene rings is 2. The van der Waals surface area contributed by atoms with Crippen molar-refractivity contribution in [2.75, 3.05) is 13.0 Å². The van der Waals surface area contributed by atoms with E-state index in [4.69, 9.17) is 14.5 Å². The van der Waals surface area contributed by atoms with Gasteiger partial charge >= 0.3 is 13.3 Å². The second-order valence-electron chi connectivity index (χ2n) is 6.65. The number of hydrogen-bond donors (Lipinski definition) is 4. The standard InChI is InChI=1S/C19H21N2O7P/c22-11-16(28-12-29(25,26)27)10-21-9-15(18(23)20-19(21)24)8-14-6-3-5-13-4-1-2-7-17(13)14/h1-7,9,16,22H,8,10-12H2,(H,20,23,24)(H2,25,26,27)/t16-/m0/s1. The zero-order valence-electron chi connectivity index (χ0n) is 15.4. The van der Waals surface area contributed by atoms with Crippen LogP contribution in [0.1, 0.15) is 11.1 Å². The first kappa shape index (κ1) is 21.2. The molecule has 0 fully saturated rings. The lowest BCUT2D eigenvalue weighted by atomic mass is 10.00. The Labute approximate surface area is 165 Å². The van der Waals surface area contributed by atoms with Gasteiger partial charge in [-0.25, -0.2) is 4.79 Å². The van der Waals surface area contributed by atoms with Gasteiger partial charge in [0.1, 0.15) is 6.35 Å². The minimum absolute atomic E-state index is 0.172. The summed E-state index contributed by atoms with van der Waals surface area (Å²) in [5, 5.41) is 11.4. The minimum atomic E-state index is -4.41. The van der Waals surface area contributed by atoms with Crippen molar-refractivity contribution in [3.8, 4) is 0 Å². The summed E-state index contributed by atoms with van der Waals surface area (Å²) in [6.45, 7) is -0.723. The Balaban J connectivity index is 1.88. The number of aromatic nitrogens is 2. The molecule has 1 heterocycles. The van der Waals surface area contributed by atoms with Crippen LogP contribution in [0.3, 0.4) is 0 Å². The quantitative estimate of drug-likeness (QED) is 0.395. The van der Waals surface area contributed by atoms with Crippen LogP contribution in [-0.2, 0) is 22.3 Å². The lowest BCUT2D eigenvalue weighted by Gasteiger charge is -2.17. The highest BCUT2D eigenvalue weighted by molar-refractivity contribution is 7.51. The van der Waals surface area contributed by atoms with Gasteiger partial charge in [-0.15, -0.1) is 0 Å². The van der Waals surface area contributed by atoms with E-state index < -0.39 is 37.9 Å². The van der Waals surface area contributed by atoms with Gasteiger partial charge in [0.25, 0.3) is 5.56 Å². The predicted molar refractivity (Wildman–Crippen MR) is 107 cm³/mol. The van der Waals surface area contributed by atoms with Crippen molar-refractivity contribution < 1.29 is 24.2 Å². The second kappa shape index (κ2) is 8.86. The number of nitrogens with zero attached hydrogens (tertiary/aromatic N) is 1. The summed E-state index contributed by atoms with van der Waals surface area (Å²) < 4.78 is 17.1. The molecular formula is C19H21N2O7P. The van der Waals surface area contributed by atoms with E-state index in [0.717, 1.165) is 20.9 Å². The van der Waals surface area contributed by atoms with Crippen LogP contribution < -0.4 is 11.2 Å². The molecule has 0 amide bonds. The van der Waals surface area contributed by atoms with E-state index in [1.165, 1.54) is 6.20 Å². The minimum Gasteiger partial charge on any atom is -0.394 e. The van der Waals surface area contributed by atoms with Crippen LogP contribution >= 0.6 is 7.60 Å². The van der Waals surface area contributed by atoms with E-state index in [2.05, 4.69) is 4.98 Å². The van der Waals surface area contributed by atoms with Gasteiger partial charge in [-0.3, -0.25) is 18.9 Å². The SMILES string of the molecule is O=c1[nH]c(=O)n(C[C@@H](CO)OCP(=O)(O)O)cc1Cc1cccc2ccccc12. The Hall–Kier alpha value is -2.55. The van der Waals surface area contributed by atoms with Crippen LogP contribution in [0.2, 0.25) is 0 Å². The van der Waals surface area contributed by atoms with E-state index in [1.54, 1.807) is 0 Å². The fraction of sp³-hybridized carbons (Fsp3) is 0.263. The first-order valence-electron chi connectivity index (χ1n) is 8.83. The lowest BCUT2D eigenvalue weighted by Crippen LogP contribution is -2.36. The number of nitrogens with one attached hydrogen (secondary N) is 1. The summed E-state index contributed by atoms with van der Waals surface area (Å²) in [7, 11) is -4.41. The van der Waals surface area contributed by atoms with Gasteiger partial charge in [0.15, 0.2) is 0 Å². The van der Waals surface area contributed by atoms with Crippen molar-refractivity contribution in [3.05, 3.63) is 80.6 Å². The van der Waals surface area contributed by atoms with Gasteiger partial charge in [0.2, 0.25) is 0 Å². The monoisotopic (exact) mass is 420 g/mol. The van der Waals surface area contributed by atoms with Crippen LogP contribution in [0.25, 0.3) is 10.8 Å². The average molecular weight is 420 g/mol. The van der Waals surface area contributed by atoms with Gasteiger partial charge in [-0.05, 0) is 16.3 Å². The fourth-order valence-corrected chi connectivity index (χ4v) is 3.46. The molecule has 0 unspecified atom stereocenters. The maximum absolute atomic E-state index is 12.3. The first-order chi connectivity index (χ1) is 13.8. The van der Waals surface area contributed by atoms with Gasteiger partial charge < -0.3 is 19.6 Å². The number of aromatic amines is 1. The van der Waals surface area contributed by atoms with Crippen molar-refractivity contribution in [3.63, 3.8) is 0 Å². The summed E-state index contributed by atoms with van der Waals surface area (Å²) in [5.41, 5.74) is 0.0358. The second-order valence-corrected chi connectivity index (χ2v) is 8.23. The summed E-state index contributed by atoms with van der Waals surface area (Å²) in [5.74, 6) is 0. The van der Waals surface area contributed by atoms with Gasteiger partial charge in [-0.1, -0.05) is 42.5 Å². The molecule has 4 N–H and O–H groups in total. The van der Waals surface area contributed by atoms with Crippen molar-refractivity contribution in [1.82, 2.24) is 9.55 Å². The molecule has 0 bridgehead atoms. The third-order valence-electron chi connectivity index (χ3n) is 4.43. The molecule has 9 nitrogen and oxygen atoms in total. The highest BCUT2D eigenvalue weighted by Gasteiger charge is 2.19. The molecule has 1 atom stereocenters. The van der Waals surface area contributed by atoms with E-state index in [0.29, 0.717) is 5.56 Å². The molecular weight excluding hydrogens is 399 g/mol. The van der Waals surface area contributed by atoms with E-state index >= 15 is 0 Å². The molecule has 0 aliphatic carbocycles. The number of aliphatic hydroxyl groups is 1. The van der Waals surface area contributed by atoms with Crippen LogP contribution in [0.15, 0.2) is 58.3 Å². The third-order valence-corrected chi connectivity index (χ3v) is 4.91. The van der Waals surface area contributed by atoms with Gasteiger partial charge in [0, 0.05) is 18.2 Å². The number of H-pyrrole nitrogens is 1. The van der Waals surface area contributed by atoms with Crippen LogP contribution in [-0.4, -0.2) is 43.5 Å². The summed E-state index contributed by atoms with van der Waals surface area (Å²) in [4.78, 5) is 44.5. The van der Waals surface area contributed by atoms with Crippen LogP contribution in [0.5, 0.6) is 0 Å². The Morgan fingerprint density at radius 3 is 2.52 bits per heavy atom. The van der Waals surface area contributed by atoms with Gasteiger partial charge in [0.05, 0.1) is 19.3 Å². The molecule has 3 rings (SSSR count). The van der Waals surface area contributed by atoms with E-state index in [-0.39, 0.29) is 13.0 Å². The number of rotatable bonds is 8.